The zero-order valence-electron chi connectivity index (χ0n) is 54.1. The number of hydrogen-bond donors (Lipinski definition) is 3. The molecule has 4 bridgehead atoms. The van der Waals surface area contributed by atoms with E-state index in [9.17, 15) is 74.9 Å². The molecule has 536 valence electrons. The number of nitrogens with one attached hydrogen (secondary N) is 3. The maximum Gasteiger partial charge on any atom is 0.516 e. The van der Waals surface area contributed by atoms with Crippen LogP contribution < -0.4 is 20.7 Å². The van der Waals surface area contributed by atoms with Crippen LogP contribution in [0, 0.1) is 32.8 Å². The first kappa shape index (κ1) is 79.7. The Morgan fingerprint density at radius 3 is 1.42 bits per heavy atom. The van der Waals surface area contributed by atoms with Crippen molar-refractivity contribution in [3.63, 3.8) is 0 Å². The molecule has 6 saturated heterocycles. The number of esters is 4. The summed E-state index contributed by atoms with van der Waals surface area (Å²) in [7, 11) is -9.32. The molecule has 6 aliphatic rings. The molecule has 1 aromatic rings. The molecule has 1 aromatic carbocycles. The summed E-state index contributed by atoms with van der Waals surface area (Å²) in [6.07, 6.45) is 2.27. The lowest BCUT2D eigenvalue weighted by Gasteiger charge is -2.34. The predicted molar refractivity (Wildman–Crippen MR) is 326 cm³/mol. The number of hydroxylamine groups is 4. The van der Waals surface area contributed by atoms with E-state index in [-0.39, 0.29) is 80.9 Å². The lowest BCUT2D eigenvalue weighted by molar-refractivity contribution is -0.384. The van der Waals surface area contributed by atoms with Gasteiger partial charge in [-0.25, -0.2) is 27.5 Å². The second kappa shape index (κ2) is 35.8. The number of carbonyl (C=O) groups is 10. The summed E-state index contributed by atoms with van der Waals surface area (Å²) in [5.74, 6) is -3.46. The van der Waals surface area contributed by atoms with E-state index < -0.39 is 136 Å². The third-order valence-corrected chi connectivity index (χ3v) is 16.6. The number of ether oxygens (including phenoxy) is 7. The van der Waals surface area contributed by atoms with Crippen molar-refractivity contribution in [1.29, 1.82) is 0 Å². The van der Waals surface area contributed by atoms with Crippen molar-refractivity contribution in [2.45, 2.75) is 164 Å². The number of hydrogen-bond acceptors (Lipinski definition) is 28. The first-order valence-electron chi connectivity index (χ1n) is 30.5. The van der Waals surface area contributed by atoms with Gasteiger partial charge in [0.15, 0.2) is 0 Å². The largest absolute Gasteiger partial charge is 0.516 e. The number of piperidine rings is 4. The van der Waals surface area contributed by atoms with Gasteiger partial charge in [-0.2, -0.15) is 27.0 Å². The van der Waals surface area contributed by atoms with Gasteiger partial charge in [0.25, 0.3) is 5.69 Å². The van der Waals surface area contributed by atoms with Gasteiger partial charge in [0.2, 0.25) is 25.4 Å². The smallest absolute Gasteiger partial charge is 0.466 e. The fraction of sp³-hybridized carbons (Fsp3) is 0.719. The van der Waals surface area contributed by atoms with E-state index in [4.69, 9.17) is 40.6 Å². The van der Waals surface area contributed by atoms with Crippen molar-refractivity contribution in [2.75, 3.05) is 79.3 Å². The zero-order chi connectivity index (χ0) is 69.9. The summed E-state index contributed by atoms with van der Waals surface area (Å²) in [5, 5.41) is 21.0. The van der Waals surface area contributed by atoms with Crippen LogP contribution >= 0.6 is 0 Å². The van der Waals surface area contributed by atoms with E-state index in [0.29, 0.717) is 56.7 Å². The van der Waals surface area contributed by atoms with Crippen molar-refractivity contribution in [3.05, 3.63) is 34.4 Å². The molecular weight excluding hydrogens is 1310 g/mol. The van der Waals surface area contributed by atoms with Crippen LogP contribution in [0.3, 0.4) is 0 Å². The molecule has 0 aliphatic carbocycles. The topological polar surface area (TPSA) is 436 Å². The quantitative estimate of drug-likeness (QED) is 0.0297. The van der Waals surface area contributed by atoms with Gasteiger partial charge in [0.1, 0.15) is 17.8 Å². The molecule has 0 radical (unpaired) electrons. The minimum atomic E-state index is -4.70. The van der Waals surface area contributed by atoms with Crippen LogP contribution in [0.1, 0.15) is 128 Å². The van der Waals surface area contributed by atoms with Crippen molar-refractivity contribution < 1.29 is 120 Å². The van der Waals surface area contributed by atoms with E-state index in [2.05, 4.69) is 25.4 Å². The molecule has 6 aliphatic heterocycles. The first-order chi connectivity index (χ1) is 44.1. The standard InChI is InChI=1S/C25H40N4O12S.C19H32N4O8S.C12H13NO7.CH4/c1-6-37-22(32)25(4,5)14-40-42(35,36)41-29-18-7-8-19(28(13-18)23(29)33)20(30)26-17-9-11-27(12-10-17)24(34)39-15-38-21(31)16(2)3;1-4-29-17(25)19(2,3)12-30-32(27,28)31-23-14-5-6-15(22(11-14)18(23)26)16(24)21-13-7-9-20-10-8-13;1-8(2)11(14)18-7-19-12(15)20-10-5-3-9(4-6-10)13(16)17;/h16-19H,6-15H2,1-5H3,(H,26,30);13-15,20H,4-12H2,1-3H3,(H,21,24);3-6,8H,7H2,1-2H3;1H4/t18-,19-;14-,15+;;/m01../s1. The molecule has 95 heavy (non-hydrogen) atoms. The second-order valence-corrected chi connectivity index (χ2v) is 26.5. The number of nitro benzene ring substituents is 1. The third-order valence-electron chi connectivity index (χ3n) is 15.1. The fourth-order valence-corrected chi connectivity index (χ4v) is 11.4. The molecule has 38 heteroatoms. The highest BCUT2D eigenvalue weighted by molar-refractivity contribution is 7.82. The number of nitro groups is 1. The van der Waals surface area contributed by atoms with Gasteiger partial charge in [0.05, 0.1) is 66.1 Å². The molecule has 7 rings (SSSR count). The number of benzene rings is 1. The number of urea groups is 2. The number of carbonyl (C=O) groups excluding carboxylic acids is 10. The Morgan fingerprint density at radius 2 is 1.02 bits per heavy atom. The van der Waals surface area contributed by atoms with Crippen LogP contribution in [0.2, 0.25) is 0 Å². The number of amides is 7. The van der Waals surface area contributed by atoms with E-state index in [1.807, 2.05) is 0 Å². The molecule has 7 amide bonds. The summed E-state index contributed by atoms with van der Waals surface area (Å²) in [4.78, 5) is 135. The lowest BCUT2D eigenvalue weighted by Crippen LogP contribution is -2.54. The maximum absolute atomic E-state index is 13.1. The monoisotopic (exact) mass is 1400 g/mol. The lowest BCUT2D eigenvalue weighted by atomic mass is 9.95. The number of likely N-dealkylation sites (tertiary alicyclic amines) is 1. The van der Waals surface area contributed by atoms with Crippen molar-refractivity contribution in [3.8, 4) is 5.75 Å². The Kier molecular flexibility index (Phi) is 30.0. The number of rotatable bonds is 26. The van der Waals surface area contributed by atoms with Gasteiger partial charge in [-0.1, -0.05) is 35.1 Å². The molecule has 4 atom stereocenters. The summed E-state index contributed by atoms with van der Waals surface area (Å²) >= 11 is 0. The van der Waals surface area contributed by atoms with Gasteiger partial charge < -0.3 is 63.8 Å². The minimum absolute atomic E-state index is 0. The Labute approximate surface area is 551 Å². The molecule has 0 unspecified atom stereocenters. The SMILES string of the molecule is C.CC(C)C(=O)OCOC(=O)Oc1ccc([N+](=O)[O-])cc1.CCOC(=O)C(C)(C)COS(=O)(=O)ON1C(=O)N2C[C@@H]1CC[C@H]2C(=O)NC1CCN(C(=O)OCOC(=O)C(C)C)CC1.CCOC(=O)C(C)(C)COS(=O)(=O)ON1C(=O)N2C[C@H]1CC[C@H]2C(=O)NC1CCNCC1. The highest BCUT2D eigenvalue weighted by Gasteiger charge is 2.52. The molecule has 0 spiro atoms. The summed E-state index contributed by atoms with van der Waals surface area (Å²) < 4.78 is 103. The summed E-state index contributed by atoms with van der Waals surface area (Å²) in [6.45, 7) is 16.4. The summed E-state index contributed by atoms with van der Waals surface area (Å²) in [6, 6.07) is 0.569. The van der Waals surface area contributed by atoms with Crippen LogP contribution in [0.15, 0.2) is 24.3 Å². The molecule has 6 heterocycles. The third kappa shape index (κ3) is 23.8. The van der Waals surface area contributed by atoms with E-state index in [0.717, 1.165) is 31.0 Å². The molecule has 6 fully saturated rings. The van der Waals surface area contributed by atoms with Gasteiger partial charge >= 0.3 is 69.0 Å². The highest BCUT2D eigenvalue weighted by atomic mass is 32.3. The Bertz CT molecular complexity index is 3080. The average molecular weight is 1400 g/mol. The summed E-state index contributed by atoms with van der Waals surface area (Å²) in [5.41, 5.74) is -2.63. The van der Waals surface area contributed by atoms with Gasteiger partial charge in [-0.15, -0.1) is 8.57 Å². The zero-order valence-corrected chi connectivity index (χ0v) is 55.7. The molecule has 36 nitrogen and oxygen atoms in total. The van der Waals surface area contributed by atoms with Gasteiger partial charge in [0, 0.05) is 50.4 Å². The minimum Gasteiger partial charge on any atom is -0.466 e. The maximum atomic E-state index is 13.1. The number of nitrogens with zero attached hydrogens (tertiary/aromatic N) is 6. The van der Waals surface area contributed by atoms with Crippen molar-refractivity contribution in [1.82, 2.24) is 40.8 Å². The second-order valence-electron chi connectivity index (χ2n) is 24.1. The van der Waals surface area contributed by atoms with Gasteiger partial charge in [-0.3, -0.25) is 38.9 Å². The number of fused-ring (bicyclic) bond motifs is 4. The molecule has 0 aromatic heterocycles. The highest BCUT2D eigenvalue weighted by Crippen LogP contribution is 2.34. The normalized spacial score (nSPS) is 19.8. The van der Waals surface area contributed by atoms with Crippen molar-refractivity contribution >= 4 is 86.5 Å². The number of non-ortho nitro benzene ring substituents is 1. The predicted octanol–water partition coefficient (Wildman–Crippen LogP) is 3.72. The van der Waals surface area contributed by atoms with Crippen LogP contribution in [0.25, 0.3) is 0 Å². The molecule has 0 saturated carbocycles. The van der Waals surface area contributed by atoms with Crippen LogP contribution in [-0.4, -0.2) is 222 Å². The van der Waals surface area contributed by atoms with E-state index >= 15 is 0 Å². The first-order valence-corrected chi connectivity index (χ1v) is 33.1. The Hall–Kier alpha value is -7.78. The molecular formula is C57H89N9O27S2. The average Bonchev–Trinajstić information content (AvgIpc) is 1.63. The Morgan fingerprint density at radius 1 is 0.611 bits per heavy atom. The van der Waals surface area contributed by atoms with E-state index in [1.54, 1.807) is 41.5 Å². The van der Waals surface area contributed by atoms with Crippen LogP contribution in [0.5, 0.6) is 5.75 Å². The fourth-order valence-electron chi connectivity index (χ4n) is 9.68. The van der Waals surface area contributed by atoms with Gasteiger partial charge in [-0.05, 0) is 118 Å². The van der Waals surface area contributed by atoms with Crippen LogP contribution in [0.4, 0.5) is 24.9 Å². The Balaban J connectivity index is 0.000000321. The molecule has 3 N–H and O–H groups in total. The van der Waals surface area contributed by atoms with E-state index in [1.165, 1.54) is 66.7 Å². The van der Waals surface area contributed by atoms with Crippen molar-refractivity contribution in [2.24, 2.45) is 22.7 Å². The van der Waals surface area contributed by atoms with Crippen LogP contribution in [-0.2, 0) is 94.9 Å².